The molecule has 1 aromatic rings. The quantitative estimate of drug-likeness (QED) is 0.392. The van der Waals surface area contributed by atoms with E-state index in [0.717, 1.165) is 24.0 Å². The van der Waals surface area contributed by atoms with Crippen LogP contribution in [0.15, 0.2) is 30.3 Å². The first kappa shape index (κ1) is 18.9. The molecule has 3 nitrogen and oxygen atoms in total. The molecule has 0 aliphatic carbocycles. The number of quaternary nitrogens is 1. The van der Waals surface area contributed by atoms with Crippen molar-refractivity contribution in [2.75, 3.05) is 26.4 Å². The Morgan fingerprint density at radius 3 is 2.36 bits per heavy atom. The Hall–Kier alpha value is -1.13. The van der Waals surface area contributed by atoms with E-state index in [1.165, 1.54) is 11.7 Å². The lowest BCUT2D eigenvalue weighted by molar-refractivity contribution is -0.913. The fourth-order valence-electron chi connectivity index (χ4n) is 3.22. The van der Waals surface area contributed by atoms with Gasteiger partial charge in [-0.25, -0.2) is 0 Å². The van der Waals surface area contributed by atoms with Crippen LogP contribution in [0.25, 0.3) is 0 Å². The van der Waals surface area contributed by atoms with Gasteiger partial charge in [-0.05, 0) is 6.92 Å². The van der Waals surface area contributed by atoms with Gasteiger partial charge in [0.05, 0.1) is 32.8 Å². The number of benzene rings is 1. The summed E-state index contributed by atoms with van der Waals surface area (Å²) < 4.78 is 6.05. The molecular formula is C18H32NO2Si+. The van der Waals surface area contributed by atoms with Gasteiger partial charge in [-0.15, -0.1) is 0 Å². The van der Waals surface area contributed by atoms with Gasteiger partial charge in [0.15, 0.2) is 0 Å². The van der Waals surface area contributed by atoms with Crippen LogP contribution in [0.1, 0.15) is 25.3 Å². The Kier molecular flexibility index (Phi) is 7.30. The van der Waals surface area contributed by atoms with E-state index >= 15 is 0 Å². The first-order valence-corrected chi connectivity index (χ1v) is 12.0. The fraction of sp³-hybridized carbons (Fsp3) is 0.611. The number of nitrogens with zero attached hydrogens (tertiary/aromatic N) is 1. The van der Waals surface area contributed by atoms with Gasteiger partial charge in [0.25, 0.3) is 0 Å². The van der Waals surface area contributed by atoms with Crippen LogP contribution in [-0.4, -0.2) is 44.9 Å². The van der Waals surface area contributed by atoms with Crippen molar-refractivity contribution < 1.29 is 14.0 Å². The number of carbonyl (C=O) groups excluding carboxylic acids is 1. The molecule has 1 unspecified atom stereocenters. The molecule has 0 aliphatic heterocycles. The predicted octanol–water partition coefficient (Wildman–Crippen LogP) is 3.85. The zero-order valence-electron chi connectivity index (χ0n) is 14.9. The van der Waals surface area contributed by atoms with E-state index in [1.54, 1.807) is 0 Å². The molecule has 0 amide bonds. The number of hydrogen-bond acceptors (Lipinski definition) is 2. The molecule has 0 bridgehead atoms. The minimum atomic E-state index is -1.18. The van der Waals surface area contributed by atoms with Crippen LogP contribution in [0.4, 0.5) is 0 Å². The van der Waals surface area contributed by atoms with Gasteiger partial charge in [0, 0.05) is 12.0 Å². The van der Waals surface area contributed by atoms with Gasteiger partial charge in [0.1, 0.15) is 14.6 Å². The summed E-state index contributed by atoms with van der Waals surface area (Å²) in [5, 5.41) is 0. The smallest absolute Gasteiger partial charge is 0.305 e. The lowest BCUT2D eigenvalue weighted by Gasteiger charge is -2.39. The van der Waals surface area contributed by atoms with Crippen molar-refractivity contribution in [3.63, 3.8) is 0 Å². The lowest BCUT2D eigenvalue weighted by Crippen LogP contribution is -2.53. The molecule has 0 aliphatic rings. The monoisotopic (exact) mass is 322 g/mol. The summed E-state index contributed by atoms with van der Waals surface area (Å²) in [6, 6.07) is 10.7. The topological polar surface area (TPSA) is 26.3 Å². The Morgan fingerprint density at radius 2 is 1.82 bits per heavy atom. The zero-order chi connectivity index (χ0) is 16.6. The first-order valence-electron chi connectivity index (χ1n) is 8.27. The number of ether oxygens (including phenoxy) is 1. The van der Waals surface area contributed by atoms with Crippen LogP contribution in [0.3, 0.4) is 0 Å². The van der Waals surface area contributed by atoms with E-state index in [9.17, 15) is 4.79 Å². The number of esters is 1. The van der Waals surface area contributed by atoms with Crippen molar-refractivity contribution in [2.45, 2.75) is 46.0 Å². The third-order valence-electron chi connectivity index (χ3n) is 3.65. The molecule has 0 aromatic heterocycles. The minimum absolute atomic E-state index is 0.0678. The summed E-state index contributed by atoms with van der Waals surface area (Å²) >= 11 is 0. The maximum atomic E-state index is 11.6. The average molecular weight is 323 g/mol. The van der Waals surface area contributed by atoms with Gasteiger partial charge in [-0.3, -0.25) is 4.79 Å². The van der Waals surface area contributed by atoms with Crippen molar-refractivity contribution in [3.8, 4) is 0 Å². The molecular weight excluding hydrogens is 290 g/mol. The van der Waals surface area contributed by atoms with Crippen molar-refractivity contribution in [3.05, 3.63) is 35.9 Å². The van der Waals surface area contributed by atoms with E-state index in [4.69, 9.17) is 4.74 Å². The maximum Gasteiger partial charge on any atom is 0.305 e. The molecule has 0 radical (unpaired) electrons. The molecule has 1 rings (SSSR count). The van der Waals surface area contributed by atoms with Crippen LogP contribution in [0, 0.1) is 0 Å². The molecule has 4 heteroatoms. The molecule has 0 saturated carbocycles. The number of hydrogen-bond donors (Lipinski definition) is 0. The Morgan fingerprint density at radius 1 is 1.18 bits per heavy atom. The lowest BCUT2D eigenvalue weighted by atomic mass is 10.2. The summed E-state index contributed by atoms with van der Waals surface area (Å²) in [5.74, 6) is -0.0678. The van der Waals surface area contributed by atoms with E-state index in [1.807, 2.05) is 6.92 Å². The van der Waals surface area contributed by atoms with Crippen LogP contribution in [0.2, 0.25) is 19.6 Å². The Balaban J connectivity index is 2.68. The van der Waals surface area contributed by atoms with Crippen molar-refractivity contribution in [2.24, 2.45) is 0 Å². The van der Waals surface area contributed by atoms with Crippen LogP contribution in [-0.2, 0) is 16.1 Å². The van der Waals surface area contributed by atoms with Crippen molar-refractivity contribution in [1.82, 2.24) is 0 Å². The molecule has 0 N–H and O–H groups in total. The van der Waals surface area contributed by atoms with Crippen LogP contribution in [0.5, 0.6) is 0 Å². The molecule has 0 fully saturated rings. The standard InChI is InChI=1S/C18H32NO2Si/c1-6-21-18(20)13-10-14-19(2,16-22(3,4)5)15-17-11-8-7-9-12-17/h7-9,11-12H,6,10,13-16H2,1-5H3/q+1. The largest absolute Gasteiger partial charge is 0.466 e. The van der Waals surface area contributed by atoms with Gasteiger partial charge in [-0.1, -0.05) is 50.0 Å². The predicted molar refractivity (Wildman–Crippen MR) is 95.3 cm³/mol. The van der Waals surface area contributed by atoms with Crippen LogP contribution < -0.4 is 0 Å². The molecule has 0 saturated heterocycles. The normalized spacial score (nSPS) is 14.4. The van der Waals surface area contributed by atoms with Gasteiger partial charge >= 0.3 is 5.97 Å². The summed E-state index contributed by atoms with van der Waals surface area (Å²) in [5.41, 5.74) is 1.37. The average Bonchev–Trinajstić information content (AvgIpc) is 2.37. The van der Waals surface area contributed by atoms with E-state index in [0.29, 0.717) is 13.0 Å². The third-order valence-corrected chi connectivity index (χ3v) is 5.36. The molecule has 0 spiro atoms. The van der Waals surface area contributed by atoms with Crippen molar-refractivity contribution >= 4 is 14.0 Å². The molecule has 22 heavy (non-hydrogen) atoms. The summed E-state index contributed by atoms with van der Waals surface area (Å²) in [6.45, 7) is 11.6. The highest BCUT2D eigenvalue weighted by Crippen LogP contribution is 2.18. The highest BCUT2D eigenvalue weighted by Gasteiger charge is 2.30. The van der Waals surface area contributed by atoms with E-state index < -0.39 is 8.07 Å². The Labute approximate surface area is 136 Å². The Bertz CT molecular complexity index is 456. The summed E-state index contributed by atoms with van der Waals surface area (Å²) in [4.78, 5) is 11.6. The zero-order valence-corrected chi connectivity index (χ0v) is 15.9. The second-order valence-electron chi connectivity index (χ2n) is 7.61. The number of rotatable bonds is 9. The van der Waals surface area contributed by atoms with Gasteiger partial charge in [0.2, 0.25) is 0 Å². The highest BCUT2D eigenvalue weighted by atomic mass is 28.3. The molecule has 1 aromatic carbocycles. The molecule has 124 valence electrons. The minimum Gasteiger partial charge on any atom is -0.466 e. The fourth-order valence-corrected chi connectivity index (χ4v) is 5.78. The molecule has 0 heterocycles. The summed E-state index contributed by atoms with van der Waals surface area (Å²) in [7, 11) is 1.15. The van der Waals surface area contributed by atoms with Crippen molar-refractivity contribution in [1.29, 1.82) is 0 Å². The SMILES string of the molecule is CCOC(=O)CCC[N+](C)(Cc1ccccc1)C[Si](C)(C)C. The molecule has 1 atom stereocenters. The first-order chi connectivity index (χ1) is 10.2. The third kappa shape index (κ3) is 7.76. The second-order valence-corrected chi connectivity index (χ2v) is 13.1. The second kappa shape index (κ2) is 8.49. The van der Waals surface area contributed by atoms with E-state index in [-0.39, 0.29) is 5.97 Å². The van der Waals surface area contributed by atoms with Gasteiger partial charge < -0.3 is 9.22 Å². The maximum absolute atomic E-state index is 11.6. The van der Waals surface area contributed by atoms with E-state index in [2.05, 4.69) is 57.0 Å². The highest BCUT2D eigenvalue weighted by molar-refractivity contribution is 6.75. The van der Waals surface area contributed by atoms with Crippen LogP contribution >= 0.6 is 0 Å². The summed E-state index contributed by atoms with van der Waals surface area (Å²) in [6.07, 6.45) is 2.65. The van der Waals surface area contributed by atoms with Gasteiger partial charge in [-0.2, -0.15) is 0 Å². The number of carbonyl (C=O) groups is 1.